The Hall–Kier alpha value is -3.48. The molecule has 7 heteroatoms. The standard InChI is InChI=1S/C20H18FN3O3/c1-2-13-3-5-14(6-4-13)17-11-19(27-24-17)23-18(25)12-22-20(26)15-7-9-16(21)10-8-15/h3-11H,2,12H2,1H3,(H,22,26)(H,23,25). The van der Waals surface area contributed by atoms with E-state index in [1.807, 2.05) is 24.3 Å². The number of benzene rings is 2. The van der Waals surface area contributed by atoms with Gasteiger partial charge in [-0.25, -0.2) is 4.39 Å². The smallest absolute Gasteiger partial charge is 0.251 e. The van der Waals surface area contributed by atoms with Crippen molar-refractivity contribution in [3.8, 4) is 11.3 Å². The summed E-state index contributed by atoms with van der Waals surface area (Å²) in [6.07, 6.45) is 0.948. The molecule has 138 valence electrons. The van der Waals surface area contributed by atoms with Gasteiger partial charge >= 0.3 is 0 Å². The Kier molecular flexibility index (Phi) is 5.61. The average Bonchev–Trinajstić information content (AvgIpc) is 3.15. The lowest BCUT2D eigenvalue weighted by Gasteiger charge is -2.04. The van der Waals surface area contributed by atoms with Gasteiger partial charge in [-0.05, 0) is 36.2 Å². The van der Waals surface area contributed by atoms with Crippen LogP contribution in [-0.2, 0) is 11.2 Å². The fourth-order valence-corrected chi connectivity index (χ4v) is 2.43. The fraction of sp³-hybridized carbons (Fsp3) is 0.150. The second-order valence-electron chi connectivity index (χ2n) is 5.86. The highest BCUT2D eigenvalue weighted by Crippen LogP contribution is 2.22. The molecule has 1 heterocycles. The molecular weight excluding hydrogens is 349 g/mol. The second kappa shape index (κ2) is 8.27. The van der Waals surface area contributed by atoms with Gasteiger partial charge in [0, 0.05) is 17.2 Å². The van der Waals surface area contributed by atoms with Crippen LogP contribution < -0.4 is 10.6 Å². The quantitative estimate of drug-likeness (QED) is 0.699. The average molecular weight is 367 g/mol. The van der Waals surface area contributed by atoms with Crippen LogP contribution in [0.1, 0.15) is 22.8 Å². The lowest BCUT2D eigenvalue weighted by Crippen LogP contribution is -2.32. The summed E-state index contributed by atoms with van der Waals surface area (Å²) in [4.78, 5) is 23.9. The van der Waals surface area contributed by atoms with E-state index >= 15 is 0 Å². The van der Waals surface area contributed by atoms with Crippen molar-refractivity contribution in [2.75, 3.05) is 11.9 Å². The summed E-state index contributed by atoms with van der Waals surface area (Å²) in [7, 11) is 0. The number of aromatic nitrogens is 1. The van der Waals surface area contributed by atoms with Crippen LogP contribution in [0, 0.1) is 5.82 Å². The first-order valence-corrected chi connectivity index (χ1v) is 8.45. The van der Waals surface area contributed by atoms with Gasteiger partial charge in [-0.2, -0.15) is 0 Å². The largest absolute Gasteiger partial charge is 0.343 e. The molecule has 0 aliphatic rings. The zero-order valence-electron chi connectivity index (χ0n) is 14.7. The van der Waals surface area contributed by atoms with Crippen LogP contribution in [0.5, 0.6) is 0 Å². The number of aryl methyl sites for hydroxylation is 1. The van der Waals surface area contributed by atoms with E-state index in [9.17, 15) is 14.0 Å². The van der Waals surface area contributed by atoms with E-state index < -0.39 is 17.6 Å². The third kappa shape index (κ3) is 4.78. The summed E-state index contributed by atoms with van der Waals surface area (Å²) in [6.45, 7) is 1.82. The molecule has 2 amide bonds. The van der Waals surface area contributed by atoms with Gasteiger partial charge in [0.2, 0.25) is 11.8 Å². The van der Waals surface area contributed by atoms with Gasteiger partial charge in [-0.3, -0.25) is 14.9 Å². The molecular formula is C20H18FN3O3. The van der Waals surface area contributed by atoms with Crippen LogP contribution in [0.25, 0.3) is 11.3 Å². The zero-order chi connectivity index (χ0) is 19.2. The van der Waals surface area contributed by atoms with Crippen LogP contribution in [0.15, 0.2) is 59.1 Å². The summed E-state index contributed by atoms with van der Waals surface area (Å²) >= 11 is 0. The molecule has 2 aromatic carbocycles. The Morgan fingerprint density at radius 2 is 1.78 bits per heavy atom. The molecule has 0 aliphatic heterocycles. The predicted octanol–water partition coefficient (Wildman–Crippen LogP) is 3.41. The third-order valence-electron chi connectivity index (χ3n) is 3.95. The van der Waals surface area contributed by atoms with E-state index in [0.29, 0.717) is 5.69 Å². The maximum absolute atomic E-state index is 12.9. The van der Waals surface area contributed by atoms with Gasteiger partial charge in [-0.15, -0.1) is 0 Å². The monoisotopic (exact) mass is 367 g/mol. The van der Waals surface area contributed by atoms with Gasteiger partial charge < -0.3 is 9.84 Å². The number of carbonyl (C=O) groups excluding carboxylic acids is 2. The minimum absolute atomic E-state index is 0.186. The SMILES string of the molecule is CCc1ccc(-c2cc(NC(=O)CNC(=O)c3ccc(F)cc3)on2)cc1. The molecule has 3 rings (SSSR count). The summed E-state index contributed by atoms with van der Waals surface area (Å²) in [5.74, 6) is -1.19. The predicted molar refractivity (Wildman–Crippen MR) is 98.7 cm³/mol. The van der Waals surface area contributed by atoms with Crippen molar-refractivity contribution >= 4 is 17.7 Å². The van der Waals surface area contributed by atoms with E-state index in [1.165, 1.54) is 29.8 Å². The van der Waals surface area contributed by atoms with Crippen LogP contribution in [0.2, 0.25) is 0 Å². The van der Waals surface area contributed by atoms with Crippen LogP contribution in [0.4, 0.5) is 10.3 Å². The summed E-state index contributed by atoms with van der Waals surface area (Å²) in [6, 6.07) is 14.5. The van der Waals surface area contributed by atoms with E-state index in [4.69, 9.17) is 4.52 Å². The maximum Gasteiger partial charge on any atom is 0.251 e. The molecule has 0 aliphatic carbocycles. The zero-order valence-corrected chi connectivity index (χ0v) is 14.7. The van der Waals surface area contributed by atoms with Crippen molar-refractivity contribution in [3.63, 3.8) is 0 Å². The maximum atomic E-state index is 12.9. The first-order valence-electron chi connectivity index (χ1n) is 8.45. The molecule has 0 bridgehead atoms. The van der Waals surface area contributed by atoms with Crippen molar-refractivity contribution < 1.29 is 18.5 Å². The normalized spacial score (nSPS) is 10.4. The van der Waals surface area contributed by atoms with E-state index in [2.05, 4.69) is 22.7 Å². The number of nitrogens with zero attached hydrogens (tertiary/aromatic N) is 1. The minimum atomic E-state index is -0.473. The number of halogens is 1. The molecule has 0 saturated heterocycles. The second-order valence-corrected chi connectivity index (χ2v) is 5.86. The van der Waals surface area contributed by atoms with E-state index in [-0.39, 0.29) is 18.0 Å². The van der Waals surface area contributed by atoms with Gasteiger partial charge in [0.15, 0.2) is 0 Å². The van der Waals surface area contributed by atoms with Crippen molar-refractivity contribution in [3.05, 3.63) is 71.5 Å². The number of amides is 2. The number of carbonyl (C=O) groups is 2. The third-order valence-corrected chi connectivity index (χ3v) is 3.95. The van der Waals surface area contributed by atoms with E-state index in [1.54, 1.807) is 6.07 Å². The molecule has 0 radical (unpaired) electrons. The number of anilines is 1. The molecule has 1 aromatic heterocycles. The summed E-state index contributed by atoms with van der Waals surface area (Å²) in [5.41, 5.74) is 2.96. The Balaban J connectivity index is 1.54. The topological polar surface area (TPSA) is 84.2 Å². The van der Waals surface area contributed by atoms with Gasteiger partial charge in [0.05, 0.1) is 6.54 Å². The Bertz CT molecular complexity index is 934. The lowest BCUT2D eigenvalue weighted by molar-refractivity contribution is -0.115. The molecule has 0 fully saturated rings. The lowest BCUT2D eigenvalue weighted by atomic mass is 10.1. The highest BCUT2D eigenvalue weighted by atomic mass is 19.1. The summed E-state index contributed by atoms with van der Waals surface area (Å²) < 4.78 is 18.0. The molecule has 6 nitrogen and oxygen atoms in total. The molecule has 0 unspecified atom stereocenters. The molecule has 0 atom stereocenters. The summed E-state index contributed by atoms with van der Waals surface area (Å²) in [5, 5.41) is 8.92. The number of hydrogen-bond acceptors (Lipinski definition) is 4. The molecule has 27 heavy (non-hydrogen) atoms. The van der Waals surface area contributed by atoms with Crippen molar-refractivity contribution in [1.82, 2.24) is 10.5 Å². The van der Waals surface area contributed by atoms with Crippen LogP contribution in [-0.4, -0.2) is 23.5 Å². The molecule has 3 aromatic rings. The Labute approximate surface area is 155 Å². The van der Waals surface area contributed by atoms with Crippen LogP contribution >= 0.6 is 0 Å². The molecule has 0 saturated carbocycles. The van der Waals surface area contributed by atoms with Gasteiger partial charge in [0.1, 0.15) is 11.5 Å². The highest BCUT2D eigenvalue weighted by molar-refractivity contribution is 5.99. The minimum Gasteiger partial charge on any atom is -0.343 e. The highest BCUT2D eigenvalue weighted by Gasteiger charge is 2.12. The van der Waals surface area contributed by atoms with Crippen molar-refractivity contribution in [2.45, 2.75) is 13.3 Å². The molecule has 0 spiro atoms. The first-order chi connectivity index (χ1) is 13.0. The van der Waals surface area contributed by atoms with Gasteiger partial charge in [0.25, 0.3) is 5.91 Å². The van der Waals surface area contributed by atoms with E-state index in [0.717, 1.165) is 12.0 Å². The van der Waals surface area contributed by atoms with Crippen molar-refractivity contribution in [1.29, 1.82) is 0 Å². The number of hydrogen-bond donors (Lipinski definition) is 2. The molecule has 2 N–H and O–H groups in total. The Morgan fingerprint density at radius 1 is 1.07 bits per heavy atom. The Morgan fingerprint density at radius 3 is 2.44 bits per heavy atom. The number of rotatable bonds is 6. The van der Waals surface area contributed by atoms with Crippen molar-refractivity contribution in [2.24, 2.45) is 0 Å². The fourth-order valence-electron chi connectivity index (χ4n) is 2.43. The van der Waals surface area contributed by atoms with Gasteiger partial charge in [-0.1, -0.05) is 36.3 Å². The number of nitrogens with one attached hydrogen (secondary N) is 2. The van der Waals surface area contributed by atoms with Crippen LogP contribution in [0.3, 0.4) is 0 Å². The first kappa shape index (κ1) is 18.3.